The second kappa shape index (κ2) is 5.35. The summed E-state index contributed by atoms with van der Waals surface area (Å²) in [4.78, 5) is 24.3. The van der Waals surface area contributed by atoms with Gasteiger partial charge in [-0.25, -0.2) is 4.39 Å². The molecule has 0 unspecified atom stereocenters. The molecule has 2 aliphatic rings. The molecule has 0 heterocycles. The van der Waals surface area contributed by atoms with E-state index in [9.17, 15) is 14.0 Å². The first-order valence-corrected chi connectivity index (χ1v) is 7.24. The van der Waals surface area contributed by atoms with E-state index in [1.165, 1.54) is 6.07 Å². The monoisotopic (exact) mass is 275 g/mol. The van der Waals surface area contributed by atoms with Crippen LogP contribution in [0.3, 0.4) is 0 Å². The number of carbonyl (C=O) groups is 2. The maximum atomic E-state index is 13.5. The van der Waals surface area contributed by atoms with Crippen molar-refractivity contribution in [2.24, 2.45) is 17.8 Å². The number of rotatable bonds is 2. The summed E-state index contributed by atoms with van der Waals surface area (Å²) in [5.41, 5.74) is 0.222. The summed E-state index contributed by atoms with van der Waals surface area (Å²) in [7, 11) is 0. The number of ketones is 1. The Balaban J connectivity index is 1.69. The Bertz CT molecular complexity index is 527. The van der Waals surface area contributed by atoms with Crippen molar-refractivity contribution in [3.63, 3.8) is 0 Å². The molecule has 3 rings (SSSR count). The van der Waals surface area contributed by atoms with E-state index in [0.29, 0.717) is 18.6 Å². The molecule has 1 aromatic carbocycles. The molecule has 0 spiro atoms. The minimum absolute atomic E-state index is 0.0406. The van der Waals surface area contributed by atoms with Gasteiger partial charge in [-0.05, 0) is 37.8 Å². The van der Waals surface area contributed by atoms with Gasteiger partial charge in [-0.1, -0.05) is 18.6 Å². The predicted octanol–water partition coefficient (Wildman–Crippen LogP) is 3.16. The van der Waals surface area contributed by atoms with Crippen LogP contribution in [0.5, 0.6) is 0 Å². The molecule has 2 fully saturated rings. The van der Waals surface area contributed by atoms with Crippen molar-refractivity contribution in [3.05, 3.63) is 30.1 Å². The highest BCUT2D eigenvalue weighted by Gasteiger charge is 2.41. The first-order chi connectivity index (χ1) is 9.65. The van der Waals surface area contributed by atoms with E-state index in [1.807, 2.05) is 0 Å². The van der Waals surface area contributed by atoms with E-state index in [2.05, 4.69) is 5.32 Å². The zero-order valence-corrected chi connectivity index (χ0v) is 11.3. The molecule has 106 valence electrons. The van der Waals surface area contributed by atoms with Crippen molar-refractivity contribution in [3.8, 4) is 0 Å². The standard InChI is InChI=1S/C16H18FNO2/c17-13-6-1-2-7-14(13)18-16(20)12-8-10-4-3-5-11(9-12)15(10)19/h1-2,6-7,10-12H,3-5,8-9H2,(H,18,20)/t10-,11-/m0/s1. The van der Waals surface area contributed by atoms with Crippen LogP contribution in [-0.2, 0) is 9.59 Å². The average Bonchev–Trinajstić information content (AvgIpc) is 2.41. The van der Waals surface area contributed by atoms with Crippen LogP contribution in [0.1, 0.15) is 32.1 Å². The molecular weight excluding hydrogens is 257 g/mol. The van der Waals surface area contributed by atoms with Gasteiger partial charge >= 0.3 is 0 Å². The number of hydrogen-bond acceptors (Lipinski definition) is 2. The summed E-state index contributed by atoms with van der Waals surface area (Å²) in [6.07, 6.45) is 4.13. The molecule has 0 aromatic heterocycles. The van der Waals surface area contributed by atoms with Crippen molar-refractivity contribution in [2.45, 2.75) is 32.1 Å². The van der Waals surface area contributed by atoms with E-state index in [0.717, 1.165) is 19.3 Å². The summed E-state index contributed by atoms with van der Waals surface area (Å²) in [5.74, 6) is -0.320. The van der Waals surface area contributed by atoms with Crippen LogP contribution in [0.2, 0.25) is 0 Å². The van der Waals surface area contributed by atoms with Gasteiger partial charge in [0.2, 0.25) is 5.91 Å². The molecule has 2 bridgehead atoms. The highest BCUT2D eigenvalue weighted by atomic mass is 19.1. The topological polar surface area (TPSA) is 46.2 Å². The molecule has 3 nitrogen and oxygen atoms in total. The highest BCUT2D eigenvalue weighted by Crippen LogP contribution is 2.40. The number of carbonyl (C=O) groups excluding carboxylic acids is 2. The lowest BCUT2D eigenvalue weighted by Gasteiger charge is -2.36. The largest absolute Gasteiger partial charge is 0.323 e. The van der Waals surface area contributed by atoms with Crippen molar-refractivity contribution < 1.29 is 14.0 Å². The van der Waals surface area contributed by atoms with Gasteiger partial charge in [0.1, 0.15) is 11.6 Å². The van der Waals surface area contributed by atoms with Gasteiger partial charge in [-0.2, -0.15) is 0 Å². The van der Waals surface area contributed by atoms with Crippen LogP contribution in [0, 0.1) is 23.6 Å². The third kappa shape index (κ3) is 2.47. The summed E-state index contributed by atoms with van der Waals surface area (Å²) >= 11 is 0. The van der Waals surface area contributed by atoms with E-state index >= 15 is 0 Å². The minimum atomic E-state index is -0.423. The second-order valence-corrected chi connectivity index (χ2v) is 5.86. The van der Waals surface area contributed by atoms with Crippen molar-refractivity contribution >= 4 is 17.4 Å². The Morgan fingerprint density at radius 1 is 1.15 bits per heavy atom. The average molecular weight is 275 g/mol. The van der Waals surface area contributed by atoms with Crippen molar-refractivity contribution in [1.29, 1.82) is 0 Å². The molecule has 4 heteroatoms. The van der Waals surface area contributed by atoms with Gasteiger partial charge < -0.3 is 5.32 Å². The number of amides is 1. The number of anilines is 1. The minimum Gasteiger partial charge on any atom is -0.323 e. The molecule has 2 atom stereocenters. The van der Waals surface area contributed by atoms with Crippen molar-refractivity contribution in [1.82, 2.24) is 0 Å². The summed E-state index contributed by atoms with van der Waals surface area (Å²) in [6.45, 7) is 0. The molecule has 0 aliphatic heterocycles. The van der Waals surface area contributed by atoms with E-state index in [-0.39, 0.29) is 29.3 Å². The van der Waals surface area contributed by atoms with Gasteiger partial charge in [0, 0.05) is 17.8 Å². The lowest BCUT2D eigenvalue weighted by Crippen LogP contribution is -2.40. The predicted molar refractivity (Wildman–Crippen MR) is 73.6 cm³/mol. The fraction of sp³-hybridized carbons (Fsp3) is 0.500. The number of nitrogens with one attached hydrogen (secondary N) is 1. The van der Waals surface area contributed by atoms with Crippen LogP contribution in [0.15, 0.2) is 24.3 Å². The smallest absolute Gasteiger partial charge is 0.227 e. The summed E-state index contributed by atoms with van der Waals surface area (Å²) < 4.78 is 13.5. The van der Waals surface area contributed by atoms with Crippen LogP contribution >= 0.6 is 0 Å². The lowest BCUT2D eigenvalue weighted by molar-refractivity contribution is -0.136. The fourth-order valence-corrected chi connectivity index (χ4v) is 3.49. The zero-order chi connectivity index (χ0) is 14.1. The summed E-state index contributed by atoms with van der Waals surface area (Å²) in [5, 5.41) is 2.66. The lowest BCUT2D eigenvalue weighted by atomic mass is 9.67. The number of para-hydroxylation sites is 1. The Morgan fingerprint density at radius 3 is 2.45 bits per heavy atom. The van der Waals surface area contributed by atoms with Crippen LogP contribution in [0.25, 0.3) is 0 Å². The molecule has 2 aliphatic carbocycles. The van der Waals surface area contributed by atoms with Gasteiger partial charge in [0.05, 0.1) is 5.69 Å². The number of benzene rings is 1. The summed E-state index contributed by atoms with van der Waals surface area (Å²) in [6, 6.07) is 6.17. The Kier molecular flexibility index (Phi) is 3.55. The van der Waals surface area contributed by atoms with E-state index in [4.69, 9.17) is 0 Å². The SMILES string of the molecule is O=C(Nc1ccccc1F)C1C[C@@H]2CCC[C@@H](C1)C2=O. The Morgan fingerprint density at radius 2 is 1.80 bits per heavy atom. The number of Topliss-reactive ketones (excluding diaryl/α,β-unsaturated/α-hetero) is 1. The molecule has 1 N–H and O–H groups in total. The number of halogens is 1. The third-order valence-corrected chi connectivity index (χ3v) is 4.55. The fourth-order valence-electron chi connectivity index (χ4n) is 3.49. The maximum absolute atomic E-state index is 13.5. The Hall–Kier alpha value is -1.71. The van der Waals surface area contributed by atoms with Gasteiger partial charge in [-0.3, -0.25) is 9.59 Å². The maximum Gasteiger partial charge on any atom is 0.227 e. The molecule has 1 amide bonds. The van der Waals surface area contributed by atoms with Gasteiger partial charge in [0.25, 0.3) is 0 Å². The molecule has 2 saturated carbocycles. The quantitative estimate of drug-likeness (QED) is 0.901. The number of fused-ring (bicyclic) bond motifs is 2. The molecule has 0 radical (unpaired) electrons. The van der Waals surface area contributed by atoms with Crippen molar-refractivity contribution in [2.75, 3.05) is 5.32 Å². The third-order valence-electron chi connectivity index (χ3n) is 4.55. The highest BCUT2D eigenvalue weighted by molar-refractivity contribution is 5.95. The molecule has 20 heavy (non-hydrogen) atoms. The van der Waals surface area contributed by atoms with Gasteiger partial charge in [-0.15, -0.1) is 0 Å². The Labute approximate surface area is 117 Å². The second-order valence-electron chi connectivity index (χ2n) is 5.86. The first kappa shape index (κ1) is 13.3. The van der Waals surface area contributed by atoms with Gasteiger partial charge in [0.15, 0.2) is 0 Å². The number of hydrogen-bond donors (Lipinski definition) is 1. The molecular formula is C16H18FNO2. The molecule has 1 aromatic rings. The van der Waals surface area contributed by atoms with E-state index < -0.39 is 5.82 Å². The zero-order valence-electron chi connectivity index (χ0n) is 11.3. The van der Waals surface area contributed by atoms with E-state index in [1.54, 1.807) is 18.2 Å². The first-order valence-electron chi connectivity index (χ1n) is 7.24. The van der Waals surface area contributed by atoms with Crippen LogP contribution < -0.4 is 5.32 Å². The molecule has 0 saturated heterocycles. The normalized spacial score (nSPS) is 29.1. The van der Waals surface area contributed by atoms with Crippen LogP contribution in [0.4, 0.5) is 10.1 Å². The van der Waals surface area contributed by atoms with Crippen LogP contribution in [-0.4, -0.2) is 11.7 Å².